The lowest BCUT2D eigenvalue weighted by Crippen LogP contribution is -2.57. The molecular weight excluding hydrogens is 433 g/mol. The summed E-state index contributed by atoms with van der Waals surface area (Å²) in [7, 11) is 0. The fraction of sp³-hybridized carbons (Fsp3) is 0.500. The molecule has 1 N–H and O–H groups in total. The molecular formula is C14H19IN3O4S-. The molecule has 1 aliphatic heterocycles. The van der Waals surface area contributed by atoms with Crippen molar-refractivity contribution in [2.75, 3.05) is 31.1 Å². The van der Waals surface area contributed by atoms with Crippen LogP contribution in [0.4, 0.5) is 5.69 Å². The quantitative estimate of drug-likeness (QED) is 0.517. The van der Waals surface area contributed by atoms with Crippen molar-refractivity contribution in [2.45, 2.75) is 19.4 Å². The summed E-state index contributed by atoms with van der Waals surface area (Å²) >= 11 is -0.227. The lowest BCUT2D eigenvalue weighted by Gasteiger charge is -2.44. The Labute approximate surface area is 151 Å². The molecule has 0 spiro atoms. The summed E-state index contributed by atoms with van der Waals surface area (Å²) in [4.78, 5) is 13.0. The maximum atomic E-state index is 11.5. The molecule has 2 atom stereocenters. The van der Waals surface area contributed by atoms with E-state index in [0.29, 0.717) is 26.2 Å². The second-order valence-corrected chi connectivity index (χ2v) is 7.44. The highest BCUT2D eigenvalue weighted by atomic mass is 127. The molecule has 9 heteroatoms. The van der Waals surface area contributed by atoms with Crippen molar-refractivity contribution in [3.63, 3.8) is 0 Å². The van der Waals surface area contributed by atoms with Gasteiger partial charge in [-0.3, -0.25) is 9.00 Å². The molecule has 0 amide bonds. The fourth-order valence-electron chi connectivity index (χ4n) is 2.65. The smallest absolute Gasteiger partial charge is 0.305 e. The van der Waals surface area contributed by atoms with Gasteiger partial charge in [-0.25, -0.2) is 5.01 Å². The maximum absolute atomic E-state index is 11.5. The molecule has 0 aliphatic carbocycles. The number of halogens is 1. The third kappa shape index (κ3) is 5.11. The van der Waals surface area contributed by atoms with Gasteiger partial charge in [-0.05, 0) is 53.8 Å². The van der Waals surface area contributed by atoms with Gasteiger partial charge in [-0.1, -0.05) is 0 Å². The van der Waals surface area contributed by atoms with Gasteiger partial charge >= 0.3 is 5.97 Å². The third-order valence-corrected chi connectivity index (χ3v) is 5.34. The van der Waals surface area contributed by atoms with Gasteiger partial charge in [0, 0.05) is 52.7 Å². The molecule has 0 saturated carbocycles. The predicted molar refractivity (Wildman–Crippen MR) is 95.4 cm³/mol. The number of aliphatic carboxylic acids is 1. The molecule has 2 unspecified atom stereocenters. The molecule has 0 radical (unpaired) electrons. The molecule has 2 rings (SSSR count). The topological polar surface area (TPSA) is 87.2 Å². The van der Waals surface area contributed by atoms with Crippen molar-refractivity contribution in [1.29, 1.82) is 0 Å². The minimum absolute atomic E-state index is 0.217. The van der Waals surface area contributed by atoms with Crippen molar-refractivity contribution in [2.24, 2.45) is 0 Å². The Morgan fingerprint density at radius 3 is 2.39 bits per heavy atom. The van der Waals surface area contributed by atoms with Gasteiger partial charge in [0.05, 0.1) is 6.42 Å². The van der Waals surface area contributed by atoms with Gasteiger partial charge < -0.3 is 14.6 Å². The van der Waals surface area contributed by atoms with Crippen LogP contribution in [0.25, 0.3) is 0 Å². The first-order valence-electron chi connectivity index (χ1n) is 7.24. The first-order valence-corrected chi connectivity index (χ1v) is 9.35. The average molecular weight is 452 g/mol. The Hall–Kier alpha value is -0.750. The first-order chi connectivity index (χ1) is 10.9. The highest BCUT2D eigenvalue weighted by Gasteiger charge is 2.27. The van der Waals surface area contributed by atoms with Gasteiger partial charge in [0.25, 0.3) is 0 Å². The number of rotatable bonds is 6. The van der Waals surface area contributed by atoms with Crippen LogP contribution in [0.5, 0.6) is 0 Å². The Kier molecular flexibility index (Phi) is 6.77. The number of nitrogens with zero attached hydrogens (tertiary/aromatic N) is 3. The second kappa shape index (κ2) is 8.38. The van der Waals surface area contributed by atoms with Crippen molar-refractivity contribution in [1.82, 2.24) is 9.42 Å². The van der Waals surface area contributed by atoms with Crippen LogP contribution in [0.1, 0.15) is 13.3 Å². The number of hydrazine groups is 1. The molecule has 0 bridgehead atoms. The van der Waals surface area contributed by atoms with Crippen molar-refractivity contribution >= 4 is 45.5 Å². The summed E-state index contributed by atoms with van der Waals surface area (Å²) < 4.78 is 25.3. The molecule has 128 valence electrons. The normalized spacial score (nSPS) is 18.9. The van der Waals surface area contributed by atoms with Crippen LogP contribution in [0.15, 0.2) is 24.3 Å². The van der Waals surface area contributed by atoms with E-state index in [-0.39, 0.29) is 6.42 Å². The number of carboxylic acids is 1. The summed E-state index contributed by atoms with van der Waals surface area (Å²) in [6.45, 7) is 4.05. The number of piperazine rings is 1. The van der Waals surface area contributed by atoms with E-state index in [4.69, 9.17) is 5.11 Å². The Bertz CT molecular complexity index is 564. The molecule has 1 heterocycles. The highest BCUT2D eigenvalue weighted by molar-refractivity contribution is 14.1. The van der Waals surface area contributed by atoms with E-state index < -0.39 is 23.3 Å². The number of anilines is 1. The van der Waals surface area contributed by atoms with Crippen LogP contribution in [0.2, 0.25) is 0 Å². The molecule has 0 aromatic heterocycles. The zero-order valence-corrected chi connectivity index (χ0v) is 15.7. The fourth-order valence-corrected chi connectivity index (χ4v) is 3.73. The number of carboxylic acid groups (broad SMARTS) is 1. The van der Waals surface area contributed by atoms with E-state index in [2.05, 4.69) is 27.5 Å². The summed E-state index contributed by atoms with van der Waals surface area (Å²) in [5, 5.41) is 10.6. The number of carbonyl (C=O) groups is 1. The van der Waals surface area contributed by atoms with E-state index in [1.54, 1.807) is 11.9 Å². The first kappa shape index (κ1) is 18.6. The largest absolute Gasteiger partial charge is 0.759 e. The second-order valence-electron chi connectivity index (χ2n) is 5.38. The predicted octanol–water partition coefficient (Wildman–Crippen LogP) is 1.29. The summed E-state index contributed by atoms with van der Waals surface area (Å²) in [5.74, 6) is -1.01. The van der Waals surface area contributed by atoms with E-state index in [9.17, 15) is 13.6 Å². The standard InChI is InChI=1S/C14H20IN3O4S/c1-11(10-14(19)20)18(23(21)22)17-8-6-16(7-9-17)13-4-2-12(15)3-5-13/h2-5,11H,6-10H2,1H3,(H,19,20)(H,21,22)/p-1. The van der Waals surface area contributed by atoms with Crippen molar-refractivity contribution < 1.29 is 18.7 Å². The van der Waals surface area contributed by atoms with Gasteiger partial charge in [0.1, 0.15) is 0 Å². The minimum atomic E-state index is -2.48. The monoisotopic (exact) mass is 452 g/mol. The zero-order valence-electron chi connectivity index (χ0n) is 12.7. The molecule has 1 saturated heterocycles. The number of hydrogen-bond acceptors (Lipinski definition) is 5. The SMILES string of the molecule is CC(CC(=O)O)N(N1CCN(c2ccc(I)cc2)CC1)S(=O)[O-]. The van der Waals surface area contributed by atoms with Gasteiger partial charge in [-0.2, -0.15) is 4.41 Å². The molecule has 1 aliphatic rings. The Morgan fingerprint density at radius 1 is 1.35 bits per heavy atom. The zero-order chi connectivity index (χ0) is 17.0. The minimum Gasteiger partial charge on any atom is -0.759 e. The van der Waals surface area contributed by atoms with E-state index >= 15 is 0 Å². The molecule has 7 nitrogen and oxygen atoms in total. The Morgan fingerprint density at radius 2 is 1.91 bits per heavy atom. The lowest BCUT2D eigenvalue weighted by atomic mass is 10.2. The van der Waals surface area contributed by atoms with Crippen LogP contribution >= 0.6 is 22.6 Å². The molecule has 1 aromatic carbocycles. The highest BCUT2D eigenvalue weighted by Crippen LogP contribution is 2.20. The maximum Gasteiger partial charge on any atom is 0.305 e. The van der Waals surface area contributed by atoms with Gasteiger partial charge in [0.2, 0.25) is 0 Å². The van der Waals surface area contributed by atoms with E-state index in [1.165, 1.54) is 3.57 Å². The van der Waals surface area contributed by atoms with Crippen LogP contribution in [0, 0.1) is 3.57 Å². The third-order valence-electron chi connectivity index (χ3n) is 3.73. The van der Waals surface area contributed by atoms with Crippen LogP contribution in [-0.4, -0.2) is 61.5 Å². The van der Waals surface area contributed by atoms with Crippen molar-refractivity contribution in [3.05, 3.63) is 27.8 Å². The number of benzene rings is 1. The molecule has 1 fully saturated rings. The van der Waals surface area contributed by atoms with Gasteiger partial charge in [0.15, 0.2) is 0 Å². The molecule has 23 heavy (non-hydrogen) atoms. The summed E-state index contributed by atoms with van der Waals surface area (Å²) in [5.41, 5.74) is 1.11. The Balaban J connectivity index is 1.99. The van der Waals surface area contributed by atoms with Crippen LogP contribution < -0.4 is 4.90 Å². The van der Waals surface area contributed by atoms with E-state index in [0.717, 1.165) is 10.1 Å². The summed E-state index contributed by atoms with van der Waals surface area (Å²) in [6, 6.07) is 7.57. The number of hydrogen-bond donors (Lipinski definition) is 1. The van der Waals surface area contributed by atoms with Crippen LogP contribution in [0.3, 0.4) is 0 Å². The van der Waals surface area contributed by atoms with Gasteiger partial charge in [-0.15, -0.1) is 0 Å². The van der Waals surface area contributed by atoms with Crippen molar-refractivity contribution in [3.8, 4) is 0 Å². The summed E-state index contributed by atoms with van der Waals surface area (Å²) in [6.07, 6.45) is -0.217. The average Bonchev–Trinajstić information content (AvgIpc) is 2.48. The lowest BCUT2D eigenvalue weighted by molar-refractivity contribution is -0.139. The molecule has 1 aromatic rings. The van der Waals surface area contributed by atoms with Crippen LogP contribution in [-0.2, 0) is 16.1 Å². The van der Waals surface area contributed by atoms with E-state index in [1.807, 2.05) is 24.3 Å².